The van der Waals surface area contributed by atoms with E-state index >= 15 is 0 Å². The molecular formula is C13H11BS. The first-order valence-corrected chi connectivity index (χ1v) is 5.65. The largest absolute Gasteiger partial charge is 0.136 e. The molecule has 0 bridgehead atoms. The third kappa shape index (κ3) is 1.66. The number of thiophene rings is 1. The van der Waals surface area contributed by atoms with E-state index in [4.69, 9.17) is 7.85 Å². The van der Waals surface area contributed by atoms with Crippen LogP contribution in [0.4, 0.5) is 0 Å². The van der Waals surface area contributed by atoms with Crippen molar-refractivity contribution in [2.75, 3.05) is 0 Å². The third-order valence-electron chi connectivity index (χ3n) is 2.40. The SMILES string of the molecule is [B]/C(C=C)=c1\sc2ccccc2\c1=C\C. The average Bonchev–Trinajstić information content (AvgIpc) is 2.66. The summed E-state index contributed by atoms with van der Waals surface area (Å²) in [4.78, 5) is 0. The lowest BCUT2D eigenvalue weighted by atomic mass is 9.96. The third-order valence-corrected chi connectivity index (χ3v) is 3.64. The molecule has 0 aliphatic rings. The van der Waals surface area contributed by atoms with E-state index in [2.05, 4.69) is 30.9 Å². The zero-order valence-corrected chi connectivity index (χ0v) is 9.47. The Morgan fingerprint density at radius 3 is 2.80 bits per heavy atom. The van der Waals surface area contributed by atoms with Gasteiger partial charge in [-0.05, 0) is 23.6 Å². The quantitative estimate of drug-likeness (QED) is 0.633. The number of fused-ring (bicyclic) bond motifs is 1. The molecule has 0 spiro atoms. The molecule has 1 aromatic carbocycles. The highest BCUT2D eigenvalue weighted by molar-refractivity contribution is 7.17. The first-order chi connectivity index (χ1) is 7.27. The molecule has 0 aliphatic heterocycles. The predicted molar refractivity (Wildman–Crippen MR) is 70.6 cm³/mol. The molecule has 2 radical (unpaired) electrons. The maximum Gasteiger partial charge on any atom is 0.115 e. The number of hydrogen-bond acceptors (Lipinski definition) is 1. The van der Waals surface area contributed by atoms with Crippen LogP contribution in [0.3, 0.4) is 0 Å². The van der Waals surface area contributed by atoms with E-state index in [-0.39, 0.29) is 0 Å². The van der Waals surface area contributed by atoms with Gasteiger partial charge in [0.2, 0.25) is 0 Å². The molecule has 0 saturated heterocycles. The minimum atomic E-state index is 0.754. The Labute approximate surface area is 94.7 Å². The lowest BCUT2D eigenvalue weighted by Gasteiger charge is -1.87. The molecule has 0 aliphatic carbocycles. The van der Waals surface area contributed by atoms with Gasteiger partial charge >= 0.3 is 0 Å². The van der Waals surface area contributed by atoms with E-state index < -0.39 is 0 Å². The zero-order chi connectivity index (χ0) is 10.8. The standard InChI is InChI=1S/C13H11BS/c1-3-9-10-7-5-6-8-12(10)15-13(9)11(14)4-2/h3-8H,2H2,1H3/b9-3-,13-11-. The molecule has 0 N–H and O–H groups in total. The van der Waals surface area contributed by atoms with Gasteiger partial charge in [0.05, 0.1) is 0 Å². The van der Waals surface area contributed by atoms with Crippen molar-refractivity contribution in [3.8, 4) is 0 Å². The van der Waals surface area contributed by atoms with Gasteiger partial charge in [-0.15, -0.1) is 11.3 Å². The maximum atomic E-state index is 5.92. The van der Waals surface area contributed by atoms with Gasteiger partial charge in [0.15, 0.2) is 0 Å². The average molecular weight is 210 g/mol. The van der Waals surface area contributed by atoms with Gasteiger partial charge < -0.3 is 0 Å². The van der Waals surface area contributed by atoms with E-state index in [9.17, 15) is 0 Å². The Hall–Kier alpha value is -1.28. The van der Waals surface area contributed by atoms with Crippen LogP contribution in [-0.2, 0) is 0 Å². The van der Waals surface area contributed by atoms with Crippen molar-refractivity contribution >= 4 is 40.8 Å². The summed E-state index contributed by atoms with van der Waals surface area (Å²) in [6.45, 7) is 5.75. The lowest BCUT2D eigenvalue weighted by molar-refractivity contribution is 1.71. The fraction of sp³-hybridized carbons (Fsp3) is 0.0769. The molecular weight excluding hydrogens is 199 g/mol. The molecule has 0 saturated carbocycles. The highest BCUT2D eigenvalue weighted by Crippen LogP contribution is 2.12. The monoisotopic (exact) mass is 210 g/mol. The molecule has 15 heavy (non-hydrogen) atoms. The Morgan fingerprint density at radius 1 is 1.40 bits per heavy atom. The fourth-order valence-corrected chi connectivity index (χ4v) is 2.85. The van der Waals surface area contributed by atoms with Crippen molar-refractivity contribution in [3.63, 3.8) is 0 Å². The Kier molecular flexibility index (Phi) is 2.78. The minimum Gasteiger partial charge on any atom is -0.136 e. The van der Waals surface area contributed by atoms with Crippen LogP contribution in [-0.4, -0.2) is 7.85 Å². The molecule has 2 heteroatoms. The number of benzene rings is 1. The number of hydrogen-bond donors (Lipinski definition) is 0. The maximum absolute atomic E-state index is 5.92. The Bertz CT molecular complexity index is 620. The van der Waals surface area contributed by atoms with Crippen LogP contribution in [0.25, 0.3) is 21.6 Å². The second kappa shape index (κ2) is 4.07. The summed E-state index contributed by atoms with van der Waals surface area (Å²) in [7, 11) is 5.92. The summed E-state index contributed by atoms with van der Waals surface area (Å²) >= 11 is 1.72. The summed E-state index contributed by atoms with van der Waals surface area (Å²) in [5.41, 5.74) is 0.754. The van der Waals surface area contributed by atoms with Crippen LogP contribution in [0, 0.1) is 0 Å². The fourth-order valence-electron chi connectivity index (χ4n) is 1.66. The van der Waals surface area contributed by atoms with Gasteiger partial charge in [-0.25, -0.2) is 0 Å². The molecule has 2 rings (SSSR count). The van der Waals surface area contributed by atoms with Gasteiger partial charge in [0.1, 0.15) is 7.85 Å². The van der Waals surface area contributed by atoms with Gasteiger partial charge in [-0.2, -0.15) is 0 Å². The second-order valence-electron chi connectivity index (χ2n) is 3.29. The second-order valence-corrected chi connectivity index (χ2v) is 4.34. The highest BCUT2D eigenvalue weighted by atomic mass is 32.1. The minimum absolute atomic E-state index is 0.754. The van der Waals surface area contributed by atoms with Gasteiger partial charge in [0, 0.05) is 9.23 Å². The summed E-state index contributed by atoms with van der Waals surface area (Å²) in [6, 6.07) is 8.34. The van der Waals surface area contributed by atoms with Crippen molar-refractivity contribution < 1.29 is 0 Å². The number of rotatable bonds is 1. The van der Waals surface area contributed by atoms with Crippen molar-refractivity contribution in [1.82, 2.24) is 0 Å². The molecule has 0 nitrogen and oxygen atoms in total. The van der Waals surface area contributed by atoms with Gasteiger partial charge in [0.25, 0.3) is 0 Å². The van der Waals surface area contributed by atoms with E-state index in [1.165, 1.54) is 15.3 Å². The molecule has 2 aromatic rings. The topological polar surface area (TPSA) is 0 Å². The van der Waals surface area contributed by atoms with E-state index in [0.717, 1.165) is 10.0 Å². The summed E-state index contributed by atoms with van der Waals surface area (Å²) in [5.74, 6) is 0. The van der Waals surface area contributed by atoms with Crippen LogP contribution < -0.4 is 9.75 Å². The predicted octanol–water partition coefficient (Wildman–Crippen LogP) is 2.16. The van der Waals surface area contributed by atoms with Gasteiger partial charge in [-0.3, -0.25) is 0 Å². The van der Waals surface area contributed by atoms with Gasteiger partial charge in [-0.1, -0.05) is 42.4 Å². The van der Waals surface area contributed by atoms with Crippen LogP contribution in [0.15, 0.2) is 36.9 Å². The van der Waals surface area contributed by atoms with Crippen molar-refractivity contribution in [1.29, 1.82) is 0 Å². The lowest BCUT2D eigenvalue weighted by Crippen LogP contribution is -2.20. The molecule has 0 fully saturated rings. The molecule has 1 heterocycles. The zero-order valence-electron chi connectivity index (χ0n) is 8.66. The molecule has 1 aromatic heterocycles. The summed E-state index contributed by atoms with van der Waals surface area (Å²) in [5, 5.41) is 2.48. The van der Waals surface area contributed by atoms with Crippen LogP contribution in [0.2, 0.25) is 0 Å². The van der Waals surface area contributed by atoms with Crippen LogP contribution in [0.1, 0.15) is 6.92 Å². The highest BCUT2D eigenvalue weighted by Gasteiger charge is 1.99. The first kappa shape index (κ1) is 10.2. The summed E-state index contributed by atoms with van der Waals surface area (Å²) in [6.07, 6.45) is 3.81. The Morgan fingerprint density at radius 2 is 2.13 bits per heavy atom. The molecule has 0 atom stereocenters. The van der Waals surface area contributed by atoms with E-state index in [0.29, 0.717) is 0 Å². The molecule has 0 amide bonds. The van der Waals surface area contributed by atoms with E-state index in [1.54, 1.807) is 17.4 Å². The van der Waals surface area contributed by atoms with Crippen molar-refractivity contribution in [3.05, 3.63) is 46.7 Å². The molecule has 72 valence electrons. The van der Waals surface area contributed by atoms with Crippen LogP contribution in [0.5, 0.6) is 0 Å². The molecule has 0 unspecified atom stereocenters. The van der Waals surface area contributed by atoms with Crippen molar-refractivity contribution in [2.45, 2.75) is 6.92 Å². The first-order valence-electron chi connectivity index (χ1n) is 4.84. The Balaban J connectivity index is 3.08. The van der Waals surface area contributed by atoms with Crippen LogP contribution >= 0.6 is 11.3 Å². The number of allylic oxidation sites excluding steroid dienone is 1. The normalized spacial score (nSPS) is 14.3. The summed E-state index contributed by atoms with van der Waals surface area (Å²) < 4.78 is 2.39. The van der Waals surface area contributed by atoms with E-state index in [1.807, 2.05) is 13.0 Å². The van der Waals surface area contributed by atoms with Crippen molar-refractivity contribution in [2.24, 2.45) is 0 Å². The smallest absolute Gasteiger partial charge is 0.115 e.